The van der Waals surface area contributed by atoms with Gasteiger partial charge in [-0.25, -0.2) is 0 Å². The minimum atomic E-state index is 0.0414. The number of carbonyl (C=O) groups excluding carboxylic acids is 2. The molecule has 224 valence electrons. The third-order valence-electron chi connectivity index (χ3n) is 8.78. The van der Waals surface area contributed by atoms with E-state index >= 15 is 0 Å². The molecule has 3 aliphatic rings. The van der Waals surface area contributed by atoms with Gasteiger partial charge >= 0.3 is 0 Å². The fraction of sp³-hybridized carbons (Fsp3) is 0.750. The topological polar surface area (TPSA) is 80.3 Å². The highest BCUT2D eigenvalue weighted by atomic mass is 16.5. The molecule has 1 aromatic carbocycles. The van der Waals surface area contributed by atoms with Gasteiger partial charge in [0.25, 0.3) is 5.91 Å². The zero-order valence-electron chi connectivity index (χ0n) is 25.2. The van der Waals surface area contributed by atoms with Crippen molar-refractivity contribution in [2.24, 2.45) is 17.8 Å². The highest BCUT2D eigenvalue weighted by Gasteiger charge is 2.39. The standard InChI is InChI=1S/C32H51N3O5/c1-5-25-7-8-26(18-30(25)40-14-6-13-38-4)32(37)34(23(2)3)21-27-19-33-20-28(27)22-35(29-9-10-29)31(36)17-24-11-15-39-16-12-24/h7-8,18,23-24,27-29,33H,5-6,9-17,19-22H2,1-4H3/t27-,28-/m0/s1. The zero-order valence-corrected chi connectivity index (χ0v) is 25.2. The van der Waals surface area contributed by atoms with Crippen molar-refractivity contribution < 1.29 is 23.8 Å². The van der Waals surface area contributed by atoms with Crippen molar-refractivity contribution in [3.8, 4) is 5.75 Å². The first kappa shape index (κ1) is 30.8. The summed E-state index contributed by atoms with van der Waals surface area (Å²) in [6.07, 6.45) is 6.51. The number of carbonyl (C=O) groups is 2. The van der Waals surface area contributed by atoms with Crippen molar-refractivity contribution in [2.45, 2.75) is 77.8 Å². The molecule has 0 bridgehead atoms. The second kappa shape index (κ2) is 15.2. The number of methoxy groups -OCH3 is 1. The molecule has 8 nitrogen and oxygen atoms in total. The van der Waals surface area contributed by atoms with Crippen LogP contribution in [-0.4, -0.2) is 93.4 Å². The Morgan fingerprint density at radius 1 is 1.05 bits per heavy atom. The first-order chi connectivity index (χ1) is 19.4. The van der Waals surface area contributed by atoms with Gasteiger partial charge in [-0.15, -0.1) is 0 Å². The van der Waals surface area contributed by atoms with E-state index in [2.05, 4.69) is 31.0 Å². The lowest BCUT2D eigenvalue weighted by atomic mass is 9.92. The zero-order chi connectivity index (χ0) is 28.5. The molecule has 3 fully saturated rings. The predicted octanol–water partition coefficient (Wildman–Crippen LogP) is 4.16. The molecule has 2 aliphatic heterocycles. The number of rotatable bonds is 15. The number of benzene rings is 1. The van der Waals surface area contributed by atoms with Gasteiger partial charge in [0, 0.05) is 83.6 Å². The lowest BCUT2D eigenvalue weighted by Crippen LogP contribution is -2.45. The average Bonchev–Trinajstić information content (AvgIpc) is 3.71. The second-order valence-corrected chi connectivity index (χ2v) is 12.1. The van der Waals surface area contributed by atoms with Crippen molar-refractivity contribution in [2.75, 3.05) is 59.7 Å². The number of hydrogen-bond acceptors (Lipinski definition) is 6. The highest BCUT2D eigenvalue weighted by molar-refractivity contribution is 5.95. The SMILES string of the molecule is CCc1ccc(C(=O)N(C[C@@H]2CNC[C@H]2CN(C(=O)CC2CCOCC2)C2CC2)C(C)C)cc1OCCCOC. The van der Waals surface area contributed by atoms with Crippen LogP contribution in [0.15, 0.2) is 18.2 Å². The highest BCUT2D eigenvalue weighted by Crippen LogP contribution is 2.32. The van der Waals surface area contributed by atoms with Crippen molar-refractivity contribution >= 4 is 11.8 Å². The number of aryl methyl sites for hydroxylation is 1. The summed E-state index contributed by atoms with van der Waals surface area (Å²) in [4.78, 5) is 31.4. The molecule has 1 N–H and O–H groups in total. The number of nitrogens with zero attached hydrogens (tertiary/aromatic N) is 2. The molecule has 1 aliphatic carbocycles. The fourth-order valence-corrected chi connectivity index (χ4v) is 6.07. The quantitative estimate of drug-likeness (QED) is 0.326. The van der Waals surface area contributed by atoms with E-state index in [1.165, 1.54) is 0 Å². The molecule has 0 unspecified atom stereocenters. The van der Waals surface area contributed by atoms with Gasteiger partial charge in [0.2, 0.25) is 5.91 Å². The van der Waals surface area contributed by atoms with Crippen LogP contribution in [0.2, 0.25) is 0 Å². The van der Waals surface area contributed by atoms with Gasteiger partial charge in [-0.05, 0) is 81.4 Å². The van der Waals surface area contributed by atoms with Gasteiger partial charge in [0.1, 0.15) is 5.75 Å². The summed E-state index contributed by atoms with van der Waals surface area (Å²) in [6, 6.07) is 6.34. The normalized spacial score (nSPS) is 21.5. The molecule has 8 heteroatoms. The van der Waals surface area contributed by atoms with Crippen LogP contribution in [0.5, 0.6) is 5.75 Å². The van der Waals surface area contributed by atoms with Gasteiger partial charge in [0.05, 0.1) is 6.61 Å². The van der Waals surface area contributed by atoms with Crippen LogP contribution in [0, 0.1) is 17.8 Å². The third-order valence-corrected chi connectivity index (χ3v) is 8.78. The Balaban J connectivity index is 1.40. The molecule has 2 heterocycles. The molecule has 2 saturated heterocycles. The first-order valence-corrected chi connectivity index (χ1v) is 15.5. The molecule has 2 amide bonds. The summed E-state index contributed by atoms with van der Waals surface area (Å²) in [6.45, 7) is 12.3. The smallest absolute Gasteiger partial charge is 0.254 e. The average molecular weight is 558 g/mol. The van der Waals surface area contributed by atoms with E-state index in [0.29, 0.717) is 61.4 Å². The summed E-state index contributed by atoms with van der Waals surface area (Å²) in [5, 5.41) is 3.57. The molecular formula is C32H51N3O5. The number of hydrogen-bond donors (Lipinski definition) is 1. The summed E-state index contributed by atoms with van der Waals surface area (Å²) in [7, 11) is 1.69. The predicted molar refractivity (Wildman–Crippen MR) is 157 cm³/mol. The van der Waals surface area contributed by atoms with E-state index in [1.807, 2.05) is 23.1 Å². The van der Waals surface area contributed by atoms with Gasteiger partial charge < -0.3 is 29.3 Å². The molecule has 40 heavy (non-hydrogen) atoms. The fourth-order valence-electron chi connectivity index (χ4n) is 6.07. The van der Waals surface area contributed by atoms with E-state index in [4.69, 9.17) is 14.2 Å². The number of amides is 2. The Kier molecular flexibility index (Phi) is 11.7. The number of ether oxygens (including phenoxy) is 3. The number of nitrogens with one attached hydrogen (secondary N) is 1. The summed E-state index contributed by atoms with van der Waals surface area (Å²) < 4.78 is 16.7. The van der Waals surface area contributed by atoms with Crippen molar-refractivity contribution in [3.63, 3.8) is 0 Å². The summed E-state index contributed by atoms with van der Waals surface area (Å²) in [5.41, 5.74) is 1.78. The maximum atomic E-state index is 13.8. The molecule has 2 atom stereocenters. The van der Waals surface area contributed by atoms with Crippen molar-refractivity contribution in [1.29, 1.82) is 0 Å². The van der Waals surface area contributed by atoms with E-state index in [1.54, 1.807) is 7.11 Å². The molecule has 4 rings (SSSR count). The first-order valence-electron chi connectivity index (χ1n) is 15.5. The van der Waals surface area contributed by atoms with E-state index in [-0.39, 0.29) is 11.9 Å². The summed E-state index contributed by atoms with van der Waals surface area (Å²) >= 11 is 0. The summed E-state index contributed by atoms with van der Waals surface area (Å²) in [5.74, 6) is 2.24. The van der Waals surface area contributed by atoms with Crippen molar-refractivity contribution in [1.82, 2.24) is 15.1 Å². The molecular weight excluding hydrogens is 506 g/mol. The lowest BCUT2D eigenvalue weighted by Gasteiger charge is -2.34. The second-order valence-electron chi connectivity index (χ2n) is 12.1. The monoisotopic (exact) mass is 557 g/mol. The van der Waals surface area contributed by atoms with Crippen LogP contribution in [0.25, 0.3) is 0 Å². The van der Waals surface area contributed by atoms with Gasteiger partial charge in [-0.2, -0.15) is 0 Å². The van der Waals surface area contributed by atoms with E-state index < -0.39 is 0 Å². The molecule has 0 spiro atoms. The Labute approximate surface area is 241 Å². The molecule has 0 radical (unpaired) electrons. The molecule has 0 aromatic heterocycles. The van der Waals surface area contributed by atoms with Crippen LogP contribution < -0.4 is 10.1 Å². The van der Waals surface area contributed by atoms with Crippen LogP contribution in [-0.2, 0) is 20.7 Å². The third kappa shape index (κ3) is 8.43. The van der Waals surface area contributed by atoms with Crippen LogP contribution in [0.4, 0.5) is 0 Å². The van der Waals surface area contributed by atoms with Gasteiger partial charge in [-0.1, -0.05) is 13.0 Å². The maximum Gasteiger partial charge on any atom is 0.254 e. The Bertz CT molecular complexity index is 960. The van der Waals surface area contributed by atoms with Gasteiger partial charge in [0.15, 0.2) is 0 Å². The Morgan fingerprint density at radius 3 is 2.42 bits per heavy atom. The maximum absolute atomic E-state index is 13.8. The van der Waals surface area contributed by atoms with E-state index in [0.717, 1.165) is 82.7 Å². The largest absolute Gasteiger partial charge is 0.493 e. The Hall–Kier alpha value is -2.16. The van der Waals surface area contributed by atoms with E-state index in [9.17, 15) is 9.59 Å². The molecule has 1 saturated carbocycles. The van der Waals surface area contributed by atoms with Crippen LogP contribution >= 0.6 is 0 Å². The van der Waals surface area contributed by atoms with Gasteiger partial charge in [-0.3, -0.25) is 9.59 Å². The molecule has 1 aromatic rings. The Morgan fingerprint density at radius 2 is 1.77 bits per heavy atom. The van der Waals surface area contributed by atoms with Crippen LogP contribution in [0.1, 0.15) is 75.2 Å². The van der Waals surface area contributed by atoms with Crippen LogP contribution in [0.3, 0.4) is 0 Å². The minimum absolute atomic E-state index is 0.0414. The lowest BCUT2D eigenvalue weighted by molar-refractivity contribution is -0.134. The minimum Gasteiger partial charge on any atom is -0.493 e. The van der Waals surface area contributed by atoms with Crippen molar-refractivity contribution in [3.05, 3.63) is 29.3 Å².